The zero-order valence-electron chi connectivity index (χ0n) is 46.8. The molecule has 2 aromatic carbocycles. The molecule has 19 nitrogen and oxygen atoms in total. The Balaban J connectivity index is 1.20. The van der Waals surface area contributed by atoms with Crippen LogP contribution in [-0.4, -0.2) is 107 Å². The number of methoxy groups -OCH3 is 1. The second-order valence-corrected chi connectivity index (χ2v) is 23.3. The average molecular weight is 1100 g/mol. The van der Waals surface area contributed by atoms with Crippen LogP contribution < -0.4 is 26.0 Å². The molecule has 3 heterocycles. The number of nitrogens with one attached hydrogen (secondary N) is 4. The van der Waals surface area contributed by atoms with Gasteiger partial charge in [0.25, 0.3) is 11.8 Å². The summed E-state index contributed by atoms with van der Waals surface area (Å²) < 4.78 is 17.8. The third-order valence-electron chi connectivity index (χ3n) is 14.7. The first-order valence-electron chi connectivity index (χ1n) is 26.8. The van der Waals surface area contributed by atoms with Crippen molar-refractivity contribution in [2.45, 2.75) is 182 Å². The van der Waals surface area contributed by atoms with Crippen molar-refractivity contribution in [3.05, 3.63) is 76.3 Å². The predicted octanol–water partition coefficient (Wildman–Crippen LogP) is 6.49. The summed E-state index contributed by atoms with van der Waals surface area (Å²) in [7, 11) is 1.49. The van der Waals surface area contributed by atoms with Crippen LogP contribution in [0.1, 0.15) is 150 Å². The zero-order chi connectivity index (χ0) is 57.8. The molecule has 2 fully saturated rings. The van der Waals surface area contributed by atoms with E-state index in [1.807, 2.05) is 52.0 Å². The number of carbonyl (C=O) groups excluding carboxylic acids is 10. The Morgan fingerprint density at radius 2 is 1.53 bits per heavy atom. The van der Waals surface area contributed by atoms with E-state index in [4.69, 9.17) is 30.6 Å². The summed E-state index contributed by atoms with van der Waals surface area (Å²) in [4.78, 5) is 136. The van der Waals surface area contributed by atoms with Crippen LogP contribution in [-0.2, 0) is 75.1 Å². The van der Waals surface area contributed by atoms with Gasteiger partial charge in [0, 0.05) is 69.2 Å². The van der Waals surface area contributed by atoms with Crippen LogP contribution in [0.4, 0.5) is 0 Å². The summed E-state index contributed by atoms with van der Waals surface area (Å²) in [5.41, 5.74) is 0.758. The van der Waals surface area contributed by atoms with E-state index < -0.39 is 100 Å². The van der Waals surface area contributed by atoms with Gasteiger partial charge in [0.15, 0.2) is 5.78 Å². The van der Waals surface area contributed by atoms with Gasteiger partial charge >= 0.3 is 11.9 Å². The largest absolute Gasteiger partial charge is 0.495 e. The molecule has 0 spiro atoms. The second-order valence-electron chi connectivity index (χ2n) is 22.9. The molecule has 0 aromatic heterocycles. The van der Waals surface area contributed by atoms with E-state index in [-0.39, 0.29) is 93.9 Å². The minimum Gasteiger partial charge on any atom is -0.495 e. The third kappa shape index (κ3) is 17.8. The standard InChI is InChI=1S/C58H78ClN5O14/c1-32(2)40(30-39(65)14-12-17-50(70)78-64-48(68)26-27-49(64)69)53(71)60-34(4)44(66)24-20-36-18-22-38(23-19-36)52-51(77-52)33(3)45-15-13-16-47(67)62-42(29-37-21-25-46(75-11)41(59)28-37)54(72)61-35(5)58(9,10)56(74)63-43(55(73)76-45)31-57(6,7)8/h13,16,18-19,21-23,25,28,32-35,40,42-43,45,51-52H,12,14-15,17,20,24,26-27,29-31H2,1-11H3,(H,60,71)(H,61,72)(H,62,67)(H,63,74)/b16-13+/t33-,34-,35?,40-,42+,43-,45-,51+,52+/m0/s1. The van der Waals surface area contributed by atoms with E-state index in [1.165, 1.54) is 13.2 Å². The summed E-state index contributed by atoms with van der Waals surface area (Å²) in [6.45, 7) is 18.0. The van der Waals surface area contributed by atoms with Gasteiger partial charge in [-0.2, -0.15) is 0 Å². The first-order chi connectivity index (χ1) is 36.6. The lowest BCUT2D eigenvalue weighted by atomic mass is 9.82. The molecule has 426 valence electrons. The first-order valence-corrected chi connectivity index (χ1v) is 27.2. The van der Waals surface area contributed by atoms with Gasteiger partial charge in [-0.3, -0.25) is 38.4 Å². The number of esters is 1. The Hall–Kier alpha value is -6.47. The zero-order valence-corrected chi connectivity index (χ0v) is 47.5. The number of nitrogens with zero attached hydrogens (tertiary/aromatic N) is 1. The Bertz CT molecular complexity index is 2580. The molecule has 0 bridgehead atoms. The second kappa shape index (κ2) is 27.4. The maximum absolute atomic E-state index is 14.2. The smallest absolute Gasteiger partial charge is 0.333 e. The SMILES string of the molecule is COc1ccc(C[C@H]2NC(=O)/C=C/C[C@@H]([C@H](C)[C@H]3O[C@@H]3c3ccc(CCC(=O)[C@H](C)NC(=O)[C@@H](CC(=O)CCCC(=O)ON4C(=O)CCC4=O)C(C)C)cc3)OC(=O)[C@H](CC(C)(C)C)NC(=O)C(C)(C)C(C)NC2=O)cc1Cl. The average Bonchev–Trinajstić information content (AvgIpc) is 4.15. The highest BCUT2D eigenvalue weighted by Crippen LogP contribution is 2.45. The molecule has 2 aromatic rings. The number of halogens is 1. The molecule has 0 saturated carbocycles. The normalized spacial score (nSPS) is 23.7. The third-order valence-corrected chi connectivity index (χ3v) is 15.0. The van der Waals surface area contributed by atoms with Crippen molar-refractivity contribution in [2.75, 3.05) is 7.11 Å². The lowest BCUT2D eigenvalue weighted by Gasteiger charge is -2.35. The van der Waals surface area contributed by atoms with Crippen molar-refractivity contribution in [3.8, 4) is 5.75 Å². The lowest BCUT2D eigenvalue weighted by Crippen LogP contribution is -2.58. The molecule has 78 heavy (non-hydrogen) atoms. The number of Topliss-reactive ketones (excluding diaryl/α,β-unsaturated/α-hetero) is 2. The van der Waals surface area contributed by atoms with Gasteiger partial charge < -0.3 is 40.3 Å². The maximum atomic E-state index is 14.2. The number of hydrogen-bond acceptors (Lipinski definition) is 14. The van der Waals surface area contributed by atoms with Crippen molar-refractivity contribution in [2.24, 2.45) is 28.6 Å². The van der Waals surface area contributed by atoms with Crippen molar-refractivity contribution in [1.82, 2.24) is 26.3 Å². The van der Waals surface area contributed by atoms with Gasteiger partial charge in [0.05, 0.1) is 29.7 Å². The molecule has 20 heteroatoms. The van der Waals surface area contributed by atoms with Crippen LogP contribution in [0.15, 0.2) is 54.6 Å². The fraction of sp³-hybridized carbons (Fsp3) is 0.586. The van der Waals surface area contributed by atoms with Crippen molar-refractivity contribution in [1.29, 1.82) is 0 Å². The number of aryl methyl sites for hydroxylation is 1. The number of ketones is 2. The number of hydroxylamine groups is 2. The van der Waals surface area contributed by atoms with Crippen molar-refractivity contribution < 1.29 is 67.0 Å². The van der Waals surface area contributed by atoms with E-state index in [2.05, 4.69) is 21.3 Å². The molecule has 3 aliphatic rings. The van der Waals surface area contributed by atoms with Crippen LogP contribution >= 0.6 is 11.6 Å². The van der Waals surface area contributed by atoms with Gasteiger partial charge in [0.2, 0.25) is 23.6 Å². The highest BCUT2D eigenvalue weighted by molar-refractivity contribution is 6.32. The summed E-state index contributed by atoms with van der Waals surface area (Å²) in [5.74, 6) is -5.97. The summed E-state index contributed by atoms with van der Waals surface area (Å²) >= 11 is 6.41. The Morgan fingerprint density at radius 1 is 0.872 bits per heavy atom. The summed E-state index contributed by atoms with van der Waals surface area (Å²) in [6.07, 6.45) is 2.05. The molecular formula is C58H78ClN5O14. The van der Waals surface area contributed by atoms with Gasteiger partial charge in [-0.05, 0) is 93.2 Å². The molecular weight excluding hydrogens is 1030 g/mol. The molecule has 3 aliphatic heterocycles. The number of amides is 6. The molecule has 0 aliphatic carbocycles. The van der Waals surface area contributed by atoms with Crippen LogP contribution in [0.3, 0.4) is 0 Å². The number of benzene rings is 2. The van der Waals surface area contributed by atoms with Crippen LogP contribution in [0.5, 0.6) is 5.75 Å². The molecule has 2 saturated heterocycles. The molecule has 6 amide bonds. The number of carbonyl (C=O) groups is 10. The summed E-state index contributed by atoms with van der Waals surface area (Å²) in [5, 5.41) is 12.2. The van der Waals surface area contributed by atoms with Gasteiger partial charge in [-0.1, -0.05) is 89.6 Å². The van der Waals surface area contributed by atoms with Crippen LogP contribution in [0.2, 0.25) is 5.02 Å². The van der Waals surface area contributed by atoms with Crippen LogP contribution in [0, 0.1) is 28.6 Å². The number of ether oxygens (including phenoxy) is 3. The fourth-order valence-electron chi connectivity index (χ4n) is 9.23. The predicted molar refractivity (Wildman–Crippen MR) is 288 cm³/mol. The number of epoxide rings is 1. The lowest BCUT2D eigenvalue weighted by molar-refractivity contribution is -0.197. The first kappa shape index (κ1) is 62.4. The van der Waals surface area contributed by atoms with E-state index in [0.29, 0.717) is 27.8 Å². The van der Waals surface area contributed by atoms with Crippen molar-refractivity contribution in [3.63, 3.8) is 0 Å². The van der Waals surface area contributed by atoms with Gasteiger partial charge in [-0.15, -0.1) is 5.06 Å². The number of cyclic esters (lactones) is 1. The Morgan fingerprint density at radius 3 is 2.14 bits per heavy atom. The monoisotopic (exact) mass is 1100 g/mol. The highest BCUT2D eigenvalue weighted by atomic mass is 35.5. The van der Waals surface area contributed by atoms with Gasteiger partial charge in [0.1, 0.15) is 35.8 Å². The summed E-state index contributed by atoms with van der Waals surface area (Å²) in [6, 6.07) is 9.02. The van der Waals surface area contributed by atoms with E-state index in [1.54, 1.807) is 65.8 Å². The quantitative estimate of drug-likeness (QED) is 0.0592. The minimum absolute atomic E-state index is 0.0174. The number of imide groups is 1. The fourth-order valence-corrected chi connectivity index (χ4v) is 9.51. The minimum atomic E-state index is -1.22. The Kier molecular flexibility index (Phi) is 21.9. The van der Waals surface area contributed by atoms with E-state index in [9.17, 15) is 47.9 Å². The topological polar surface area (TPSA) is 262 Å². The van der Waals surface area contributed by atoms with E-state index in [0.717, 1.165) is 11.1 Å². The molecule has 9 atom stereocenters. The van der Waals surface area contributed by atoms with Crippen LogP contribution in [0.25, 0.3) is 0 Å². The molecule has 1 unspecified atom stereocenters. The Labute approximate surface area is 462 Å². The molecule has 5 rings (SSSR count). The van der Waals surface area contributed by atoms with Crippen molar-refractivity contribution >= 4 is 70.5 Å². The maximum Gasteiger partial charge on any atom is 0.333 e. The number of hydrogen-bond donors (Lipinski definition) is 4. The van der Waals surface area contributed by atoms with E-state index >= 15 is 0 Å². The number of rotatable bonds is 21. The molecule has 0 radical (unpaired) electrons. The highest BCUT2D eigenvalue weighted by Gasteiger charge is 2.48. The van der Waals surface area contributed by atoms with Gasteiger partial charge in [-0.25, -0.2) is 9.59 Å². The molecule has 4 N–H and O–H groups in total.